The van der Waals surface area contributed by atoms with Gasteiger partial charge in [0.05, 0.1) is 13.2 Å². The van der Waals surface area contributed by atoms with E-state index in [4.69, 9.17) is 4.74 Å². The summed E-state index contributed by atoms with van der Waals surface area (Å²) in [5, 5.41) is 2.57. The van der Waals surface area contributed by atoms with E-state index in [1.807, 2.05) is 0 Å². The Bertz CT molecular complexity index is 1110. The number of ether oxygens (including phenoxy) is 1. The van der Waals surface area contributed by atoms with Crippen LogP contribution in [0.3, 0.4) is 0 Å². The van der Waals surface area contributed by atoms with Crippen LogP contribution in [0.2, 0.25) is 0 Å². The predicted octanol–water partition coefficient (Wildman–Crippen LogP) is 5.76. The topological polar surface area (TPSA) is 15.7 Å². The molecule has 0 aromatic heterocycles. The fourth-order valence-corrected chi connectivity index (χ4v) is 4.96. The van der Waals surface area contributed by atoms with E-state index in [-0.39, 0.29) is 0 Å². The third-order valence-electron chi connectivity index (χ3n) is 6.60. The van der Waals surface area contributed by atoms with Gasteiger partial charge in [0.25, 0.3) is 0 Å². The summed E-state index contributed by atoms with van der Waals surface area (Å²) in [5.41, 5.74) is 4.02. The van der Waals surface area contributed by atoms with Crippen LogP contribution in [0.15, 0.2) is 97.1 Å². The Morgan fingerprint density at radius 1 is 0.688 bits per heavy atom. The molecule has 0 N–H and O–H groups in total. The van der Waals surface area contributed by atoms with Crippen LogP contribution in [0.4, 0.5) is 0 Å². The number of methoxy groups -OCH3 is 1. The highest BCUT2D eigenvalue weighted by Crippen LogP contribution is 2.32. The molecule has 0 saturated carbocycles. The molecule has 32 heavy (non-hydrogen) atoms. The Hall–Kier alpha value is -3.14. The second kappa shape index (κ2) is 9.56. The molecule has 3 heteroatoms. The van der Waals surface area contributed by atoms with Crippen LogP contribution in [0.25, 0.3) is 10.8 Å². The molecule has 0 spiro atoms. The van der Waals surface area contributed by atoms with Crippen molar-refractivity contribution in [1.82, 2.24) is 9.80 Å². The van der Waals surface area contributed by atoms with Gasteiger partial charge in [0.2, 0.25) is 0 Å². The van der Waals surface area contributed by atoms with Gasteiger partial charge in [-0.1, -0.05) is 91.0 Å². The summed E-state index contributed by atoms with van der Waals surface area (Å²) in [4.78, 5) is 5.19. The Morgan fingerprint density at radius 3 is 1.91 bits per heavy atom. The van der Waals surface area contributed by atoms with Crippen molar-refractivity contribution >= 4 is 10.8 Å². The monoisotopic (exact) mass is 422 g/mol. The van der Waals surface area contributed by atoms with Crippen LogP contribution in [0.1, 0.15) is 22.7 Å². The molecule has 1 aliphatic heterocycles. The maximum absolute atomic E-state index is 5.73. The molecule has 0 radical (unpaired) electrons. The molecule has 4 aromatic rings. The van der Waals surface area contributed by atoms with Crippen molar-refractivity contribution in [3.05, 3.63) is 114 Å². The molecule has 0 unspecified atom stereocenters. The van der Waals surface area contributed by atoms with Gasteiger partial charge in [-0.05, 0) is 28.0 Å². The minimum absolute atomic E-state index is 0.298. The Balaban J connectivity index is 1.35. The van der Waals surface area contributed by atoms with E-state index >= 15 is 0 Å². The minimum Gasteiger partial charge on any atom is -0.496 e. The van der Waals surface area contributed by atoms with Gasteiger partial charge in [-0.25, -0.2) is 0 Å². The second-order valence-corrected chi connectivity index (χ2v) is 8.50. The highest BCUT2D eigenvalue weighted by Gasteiger charge is 2.27. The molecule has 3 nitrogen and oxygen atoms in total. The van der Waals surface area contributed by atoms with Crippen LogP contribution in [0, 0.1) is 0 Å². The molecule has 0 bridgehead atoms. The molecular weight excluding hydrogens is 392 g/mol. The van der Waals surface area contributed by atoms with Crippen LogP contribution >= 0.6 is 0 Å². The third kappa shape index (κ3) is 4.27. The van der Waals surface area contributed by atoms with Crippen molar-refractivity contribution in [2.24, 2.45) is 0 Å². The van der Waals surface area contributed by atoms with Gasteiger partial charge in [0, 0.05) is 38.3 Å². The first-order valence-electron chi connectivity index (χ1n) is 11.4. The zero-order valence-electron chi connectivity index (χ0n) is 18.7. The predicted molar refractivity (Wildman–Crippen MR) is 132 cm³/mol. The van der Waals surface area contributed by atoms with Crippen LogP contribution in [0.5, 0.6) is 5.75 Å². The number of hydrogen-bond acceptors (Lipinski definition) is 3. The van der Waals surface area contributed by atoms with E-state index in [0.717, 1.165) is 38.5 Å². The summed E-state index contributed by atoms with van der Waals surface area (Å²) in [6, 6.07) is 35.0. The number of piperazine rings is 1. The normalized spacial score (nSPS) is 15.3. The van der Waals surface area contributed by atoms with E-state index in [2.05, 4.69) is 107 Å². The third-order valence-corrected chi connectivity index (χ3v) is 6.60. The number of fused-ring (bicyclic) bond motifs is 1. The maximum Gasteiger partial charge on any atom is 0.123 e. The molecule has 0 amide bonds. The first-order valence-corrected chi connectivity index (χ1v) is 11.4. The molecule has 0 aliphatic carbocycles. The largest absolute Gasteiger partial charge is 0.496 e. The smallest absolute Gasteiger partial charge is 0.123 e. The highest BCUT2D eigenvalue weighted by atomic mass is 16.5. The van der Waals surface area contributed by atoms with E-state index in [1.165, 1.54) is 27.5 Å². The average molecular weight is 423 g/mol. The minimum atomic E-state index is 0.298. The summed E-state index contributed by atoms with van der Waals surface area (Å²) >= 11 is 0. The molecule has 1 saturated heterocycles. The SMILES string of the molecule is COc1ccc2ccccc2c1CN1CCN(C(c2ccccc2)c2ccccc2)CC1. The van der Waals surface area contributed by atoms with Gasteiger partial charge in [-0.3, -0.25) is 9.80 Å². The van der Waals surface area contributed by atoms with Gasteiger partial charge in [0.15, 0.2) is 0 Å². The van der Waals surface area contributed by atoms with Gasteiger partial charge in [-0.15, -0.1) is 0 Å². The van der Waals surface area contributed by atoms with E-state index < -0.39 is 0 Å². The zero-order valence-corrected chi connectivity index (χ0v) is 18.7. The fraction of sp³-hybridized carbons (Fsp3) is 0.241. The Kier molecular flexibility index (Phi) is 6.20. The second-order valence-electron chi connectivity index (χ2n) is 8.50. The standard InChI is InChI=1S/C29H30N2O/c1-32-28-17-16-23-10-8-9-15-26(23)27(28)22-30-18-20-31(21-19-30)29(24-11-4-2-5-12-24)25-13-6-3-7-14-25/h2-17,29H,18-22H2,1H3. The Morgan fingerprint density at radius 2 is 1.28 bits per heavy atom. The quantitative estimate of drug-likeness (QED) is 0.393. The van der Waals surface area contributed by atoms with Gasteiger partial charge < -0.3 is 4.74 Å². The Labute approximate surface area is 190 Å². The number of rotatable bonds is 6. The summed E-state index contributed by atoms with van der Waals surface area (Å²) < 4.78 is 5.73. The lowest BCUT2D eigenvalue weighted by molar-refractivity contribution is 0.104. The highest BCUT2D eigenvalue weighted by molar-refractivity contribution is 5.87. The molecule has 1 fully saturated rings. The molecule has 0 atom stereocenters. The first-order chi connectivity index (χ1) is 15.8. The molecule has 5 rings (SSSR count). The van der Waals surface area contributed by atoms with Gasteiger partial charge in [0.1, 0.15) is 5.75 Å². The lowest BCUT2D eigenvalue weighted by atomic mass is 9.96. The van der Waals surface area contributed by atoms with Crippen molar-refractivity contribution in [2.45, 2.75) is 12.6 Å². The summed E-state index contributed by atoms with van der Waals surface area (Å²) in [7, 11) is 1.77. The first kappa shape index (κ1) is 20.7. The van der Waals surface area contributed by atoms with E-state index in [1.54, 1.807) is 7.11 Å². The average Bonchev–Trinajstić information content (AvgIpc) is 2.87. The van der Waals surface area contributed by atoms with Crippen molar-refractivity contribution < 1.29 is 4.74 Å². The summed E-state index contributed by atoms with van der Waals surface area (Å²) in [6.45, 7) is 5.09. The van der Waals surface area contributed by atoms with E-state index in [9.17, 15) is 0 Å². The van der Waals surface area contributed by atoms with Crippen molar-refractivity contribution in [2.75, 3.05) is 33.3 Å². The van der Waals surface area contributed by atoms with Crippen molar-refractivity contribution in [3.8, 4) is 5.75 Å². The van der Waals surface area contributed by atoms with Gasteiger partial charge in [-0.2, -0.15) is 0 Å². The van der Waals surface area contributed by atoms with Crippen LogP contribution < -0.4 is 4.74 Å². The summed E-state index contributed by atoms with van der Waals surface area (Å²) in [5.74, 6) is 0.984. The van der Waals surface area contributed by atoms with Gasteiger partial charge >= 0.3 is 0 Å². The summed E-state index contributed by atoms with van der Waals surface area (Å²) in [6.07, 6.45) is 0. The van der Waals surface area contributed by atoms with Crippen LogP contribution in [-0.2, 0) is 6.54 Å². The lowest BCUT2D eigenvalue weighted by Gasteiger charge is -2.40. The zero-order chi connectivity index (χ0) is 21.8. The molecule has 162 valence electrons. The lowest BCUT2D eigenvalue weighted by Crippen LogP contribution is -2.47. The number of benzene rings is 4. The van der Waals surface area contributed by atoms with E-state index in [0.29, 0.717) is 6.04 Å². The van der Waals surface area contributed by atoms with Crippen molar-refractivity contribution in [1.29, 1.82) is 0 Å². The number of nitrogens with zero attached hydrogens (tertiary/aromatic N) is 2. The maximum atomic E-state index is 5.73. The molecule has 1 aliphatic rings. The molecule has 1 heterocycles. The van der Waals surface area contributed by atoms with Crippen molar-refractivity contribution in [3.63, 3.8) is 0 Å². The fourth-order valence-electron chi connectivity index (χ4n) is 4.96. The van der Waals surface area contributed by atoms with Crippen LogP contribution in [-0.4, -0.2) is 43.1 Å². The number of hydrogen-bond donors (Lipinski definition) is 0. The molecule has 4 aromatic carbocycles. The molecular formula is C29H30N2O.